The van der Waals surface area contributed by atoms with Crippen molar-refractivity contribution in [2.45, 2.75) is 57.5 Å². The van der Waals surface area contributed by atoms with Crippen LogP contribution in [0.15, 0.2) is 0 Å². The second-order valence-electron chi connectivity index (χ2n) is 4.90. The Kier molecular flexibility index (Phi) is 4.90. The molecule has 1 atom stereocenters. The summed E-state index contributed by atoms with van der Waals surface area (Å²) in [6.07, 6.45) is 9.21. The minimum Gasteiger partial charge on any atom is -0.378 e. The van der Waals surface area contributed by atoms with Crippen molar-refractivity contribution in [3.8, 4) is 0 Å². The lowest BCUT2D eigenvalue weighted by Crippen LogP contribution is -2.33. The summed E-state index contributed by atoms with van der Waals surface area (Å²) in [5, 5.41) is 0. The van der Waals surface area contributed by atoms with Gasteiger partial charge >= 0.3 is 0 Å². The Morgan fingerprint density at radius 1 is 1.29 bits per heavy atom. The van der Waals surface area contributed by atoms with Gasteiger partial charge in [-0.3, -0.25) is 0 Å². The molecule has 1 fully saturated rings. The van der Waals surface area contributed by atoms with E-state index in [-0.39, 0.29) is 5.60 Å². The van der Waals surface area contributed by atoms with Gasteiger partial charge in [-0.2, -0.15) is 0 Å². The average Bonchev–Trinajstić information content (AvgIpc) is 2.20. The summed E-state index contributed by atoms with van der Waals surface area (Å²) >= 11 is 0. The molecule has 1 saturated carbocycles. The molecule has 0 bridgehead atoms. The normalized spacial score (nSPS) is 23.4. The number of methoxy groups -OCH3 is 1. The first-order valence-corrected chi connectivity index (χ1v) is 5.95. The van der Waals surface area contributed by atoms with Crippen LogP contribution in [0, 0.1) is 5.92 Å². The zero-order valence-electron chi connectivity index (χ0n) is 9.72. The smallest absolute Gasteiger partial charge is 0.0665 e. The van der Waals surface area contributed by atoms with Crippen LogP contribution >= 0.6 is 0 Å². The van der Waals surface area contributed by atoms with Crippen molar-refractivity contribution in [2.75, 3.05) is 13.7 Å². The molecule has 1 aliphatic carbocycles. The summed E-state index contributed by atoms with van der Waals surface area (Å²) < 4.78 is 5.60. The highest BCUT2D eigenvalue weighted by molar-refractivity contribution is 4.80. The minimum atomic E-state index is 0.0246. The number of hydrogen-bond acceptors (Lipinski definition) is 2. The largest absolute Gasteiger partial charge is 0.378 e. The summed E-state index contributed by atoms with van der Waals surface area (Å²) in [6, 6.07) is 0. The number of hydrogen-bond donors (Lipinski definition) is 1. The molecule has 84 valence electrons. The third-order valence-electron chi connectivity index (χ3n) is 3.61. The van der Waals surface area contributed by atoms with Crippen LogP contribution in [-0.2, 0) is 4.74 Å². The maximum Gasteiger partial charge on any atom is 0.0665 e. The number of ether oxygens (including phenoxy) is 1. The highest BCUT2D eigenvalue weighted by Crippen LogP contribution is 2.33. The summed E-state index contributed by atoms with van der Waals surface area (Å²) in [5.41, 5.74) is 5.64. The van der Waals surface area contributed by atoms with Crippen LogP contribution in [0.5, 0.6) is 0 Å². The highest BCUT2D eigenvalue weighted by atomic mass is 16.5. The van der Waals surface area contributed by atoms with Crippen molar-refractivity contribution in [2.24, 2.45) is 11.7 Å². The van der Waals surface area contributed by atoms with E-state index in [1.54, 1.807) is 0 Å². The van der Waals surface area contributed by atoms with Crippen molar-refractivity contribution in [3.63, 3.8) is 0 Å². The fraction of sp³-hybridized carbons (Fsp3) is 1.00. The maximum absolute atomic E-state index is 5.62. The Morgan fingerprint density at radius 3 is 2.43 bits per heavy atom. The molecule has 0 aromatic carbocycles. The van der Waals surface area contributed by atoms with E-state index in [2.05, 4.69) is 6.92 Å². The van der Waals surface area contributed by atoms with E-state index >= 15 is 0 Å². The molecule has 0 spiro atoms. The van der Waals surface area contributed by atoms with E-state index in [0.717, 1.165) is 18.9 Å². The van der Waals surface area contributed by atoms with E-state index in [4.69, 9.17) is 10.5 Å². The lowest BCUT2D eigenvalue weighted by molar-refractivity contribution is -0.0226. The Hall–Kier alpha value is -0.0800. The summed E-state index contributed by atoms with van der Waals surface area (Å²) in [7, 11) is 1.82. The molecule has 1 rings (SSSR count). The minimum absolute atomic E-state index is 0.0246. The van der Waals surface area contributed by atoms with Gasteiger partial charge in [-0.25, -0.2) is 0 Å². The quantitative estimate of drug-likeness (QED) is 0.739. The predicted molar refractivity (Wildman–Crippen MR) is 60.3 cm³/mol. The zero-order chi connectivity index (χ0) is 10.4. The third kappa shape index (κ3) is 3.58. The third-order valence-corrected chi connectivity index (χ3v) is 3.61. The van der Waals surface area contributed by atoms with Gasteiger partial charge in [-0.1, -0.05) is 32.1 Å². The summed E-state index contributed by atoms with van der Waals surface area (Å²) in [6.45, 7) is 2.94. The van der Waals surface area contributed by atoms with E-state index < -0.39 is 0 Å². The molecule has 1 unspecified atom stereocenters. The molecule has 0 amide bonds. The SMILES string of the molecule is COC(C)(CCN)CC1CCCCC1. The van der Waals surface area contributed by atoms with Gasteiger partial charge in [0.15, 0.2) is 0 Å². The highest BCUT2D eigenvalue weighted by Gasteiger charge is 2.27. The van der Waals surface area contributed by atoms with E-state index in [1.165, 1.54) is 38.5 Å². The van der Waals surface area contributed by atoms with Crippen LogP contribution in [0.2, 0.25) is 0 Å². The Bertz CT molecular complexity index is 154. The van der Waals surface area contributed by atoms with E-state index in [9.17, 15) is 0 Å². The van der Waals surface area contributed by atoms with Crippen LogP contribution in [0.25, 0.3) is 0 Å². The second kappa shape index (κ2) is 5.72. The van der Waals surface area contributed by atoms with Crippen LogP contribution in [0.3, 0.4) is 0 Å². The zero-order valence-corrected chi connectivity index (χ0v) is 9.72. The Morgan fingerprint density at radius 2 is 1.93 bits per heavy atom. The van der Waals surface area contributed by atoms with Gasteiger partial charge in [0.1, 0.15) is 0 Å². The second-order valence-corrected chi connectivity index (χ2v) is 4.90. The predicted octanol–water partition coefficient (Wildman–Crippen LogP) is 2.71. The lowest BCUT2D eigenvalue weighted by atomic mass is 9.80. The average molecular weight is 199 g/mol. The molecule has 2 N–H and O–H groups in total. The maximum atomic E-state index is 5.62. The number of nitrogens with two attached hydrogens (primary N) is 1. The fourth-order valence-electron chi connectivity index (χ4n) is 2.59. The van der Waals surface area contributed by atoms with E-state index in [0.29, 0.717) is 0 Å². The van der Waals surface area contributed by atoms with Crippen molar-refractivity contribution >= 4 is 0 Å². The summed E-state index contributed by atoms with van der Waals surface area (Å²) in [4.78, 5) is 0. The van der Waals surface area contributed by atoms with Crippen LogP contribution in [0.1, 0.15) is 51.9 Å². The molecule has 0 aromatic rings. The number of rotatable bonds is 5. The standard InChI is InChI=1S/C12H25NO/c1-12(14-2,8-9-13)10-11-6-4-3-5-7-11/h11H,3-10,13H2,1-2H3. The molecule has 0 aromatic heterocycles. The molecule has 0 heterocycles. The van der Waals surface area contributed by atoms with E-state index in [1.807, 2.05) is 7.11 Å². The van der Waals surface area contributed by atoms with Gasteiger partial charge in [0.2, 0.25) is 0 Å². The Balaban J connectivity index is 2.37. The van der Waals surface area contributed by atoms with Gasteiger partial charge in [0.25, 0.3) is 0 Å². The van der Waals surface area contributed by atoms with Crippen LogP contribution < -0.4 is 5.73 Å². The Labute approximate surface area is 88.2 Å². The molecule has 0 saturated heterocycles. The van der Waals surface area contributed by atoms with Crippen molar-refractivity contribution < 1.29 is 4.74 Å². The fourth-order valence-corrected chi connectivity index (χ4v) is 2.59. The van der Waals surface area contributed by atoms with Gasteiger partial charge in [0, 0.05) is 7.11 Å². The first-order chi connectivity index (χ1) is 6.70. The summed E-state index contributed by atoms with van der Waals surface area (Å²) in [5.74, 6) is 0.875. The monoisotopic (exact) mass is 199 g/mol. The van der Waals surface area contributed by atoms with Crippen molar-refractivity contribution in [1.29, 1.82) is 0 Å². The molecular formula is C12H25NO. The van der Waals surface area contributed by atoms with Crippen LogP contribution in [0.4, 0.5) is 0 Å². The lowest BCUT2D eigenvalue weighted by Gasteiger charge is -2.33. The van der Waals surface area contributed by atoms with Crippen molar-refractivity contribution in [1.82, 2.24) is 0 Å². The molecular weight excluding hydrogens is 174 g/mol. The molecule has 2 nitrogen and oxygen atoms in total. The topological polar surface area (TPSA) is 35.2 Å². The van der Waals surface area contributed by atoms with Crippen LogP contribution in [-0.4, -0.2) is 19.3 Å². The van der Waals surface area contributed by atoms with Gasteiger partial charge < -0.3 is 10.5 Å². The molecule has 2 heteroatoms. The first kappa shape index (κ1) is 12.0. The van der Waals surface area contributed by atoms with Crippen molar-refractivity contribution in [3.05, 3.63) is 0 Å². The van der Waals surface area contributed by atoms with Gasteiger partial charge in [-0.05, 0) is 32.2 Å². The van der Waals surface area contributed by atoms with Gasteiger partial charge in [-0.15, -0.1) is 0 Å². The first-order valence-electron chi connectivity index (χ1n) is 5.95. The van der Waals surface area contributed by atoms with Gasteiger partial charge in [0.05, 0.1) is 5.60 Å². The molecule has 0 radical (unpaired) electrons. The molecule has 0 aliphatic heterocycles. The molecule has 14 heavy (non-hydrogen) atoms. The molecule has 1 aliphatic rings.